The molecule has 0 saturated carbocycles. The van der Waals surface area contributed by atoms with Gasteiger partial charge in [0.1, 0.15) is 0 Å². The first-order chi connectivity index (χ1) is 16.9. The number of rotatable bonds is 9. The molecule has 7 heteroatoms. The maximum absolute atomic E-state index is 13.1. The van der Waals surface area contributed by atoms with E-state index in [0.717, 1.165) is 27.8 Å². The number of benzene rings is 3. The summed E-state index contributed by atoms with van der Waals surface area (Å²) in [4.78, 5) is 25.1. The summed E-state index contributed by atoms with van der Waals surface area (Å²) in [5.41, 5.74) is 11.1. The first-order valence-electron chi connectivity index (χ1n) is 12.1. The maximum Gasteiger partial charge on any atom is 0.320 e. The van der Waals surface area contributed by atoms with Crippen LogP contribution in [0.15, 0.2) is 78.9 Å². The molecule has 3 aromatic rings. The van der Waals surface area contributed by atoms with Crippen LogP contribution in [-0.2, 0) is 15.9 Å². The monoisotopic (exact) mass is 492 g/mol. The molecule has 184 valence electrons. The van der Waals surface area contributed by atoms with Gasteiger partial charge in [-0.15, -0.1) is 0 Å². The maximum atomic E-state index is 13.1. The van der Waals surface area contributed by atoms with Crippen LogP contribution in [-0.4, -0.2) is 51.8 Å². The van der Waals surface area contributed by atoms with E-state index in [-0.39, 0.29) is 19.1 Å². The lowest BCUT2D eigenvalue weighted by atomic mass is 9.95. The van der Waals surface area contributed by atoms with E-state index in [1.165, 1.54) is 0 Å². The lowest BCUT2D eigenvalue weighted by Crippen LogP contribution is -2.53. The molecule has 4 N–H and O–H groups in total. The Morgan fingerprint density at radius 2 is 1.63 bits per heavy atom. The SMILES string of the molecule is NCCCCC1(C(=O)O)CN(Cc2ccccc2-c2cccc(-c3ccccc3)c2)CCP1(=O)O. The Balaban J connectivity index is 1.62. The fourth-order valence-corrected chi connectivity index (χ4v) is 7.21. The third kappa shape index (κ3) is 5.41. The molecule has 35 heavy (non-hydrogen) atoms. The van der Waals surface area contributed by atoms with Gasteiger partial charge in [-0.25, -0.2) is 0 Å². The number of carboxylic acids is 1. The number of carboxylic acid groups (broad SMARTS) is 1. The standard InChI is InChI=1S/C28H33N2O4P/c29-16-7-6-15-28(27(31)32)21-30(17-18-35(28,33)34)20-25-11-4-5-14-26(25)24-13-8-12-23(19-24)22-9-2-1-3-10-22/h1-5,8-14,19H,6-7,15-18,20-21,29H2,(H,31,32)(H,33,34). The number of hydrogen-bond acceptors (Lipinski definition) is 4. The highest BCUT2D eigenvalue weighted by molar-refractivity contribution is 7.61. The Bertz CT molecular complexity index is 1220. The molecule has 1 fully saturated rings. The molecule has 2 atom stereocenters. The number of nitrogens with two attached hydrogens (primary N) is 1. The van der Waals surface area contributed by atoms with E-state index < -0.39 is 18.5 Å². The van der Waals surface area contributed by atoms with E-state index in [9.17, 15) is 19.4 Å². The minimum atomic E-state index is -3.86. The first-order valence-corrected chi connectivity index (χ1v) is 13.9. The van der Waals surface area contributed by atoms with E-state index in [0.29, 0.717) is 32.5 Å². The molecule has 3 aromatic carbocycles. The van der Waals surface area contributed by atoms with Gasteiger partial charge in [-0.2, -0.15) is 0 Å². The van der Waals surface area contributed by atoms with Gasteiger partial charge in [0.05, 0.1) is 0 Å². The van der Waals surface area contributed by atoms with Crippen LogP contribution in [0.4, 0.5) is 0 Å². The van der Waals surface area contributed by atoms with E-state index >= 15 is 0 Å². The van der Waals surface area contributed by atoms with Crippen molar-refractivity contribution >= 4 is 13.3 Å². The normalized spacial score (nSPS) is 22.7. The zero-order chi connectivity index (χ0) is 24.9. The van der Waals surface area contributed by atoms with Crippen LogP contribution in [0.1, 0.15) is 24.8 Å². The van der Waals surface area contributed by atoms with Crippen molar-refractivity contribution in [1.29, 1.82) is 0 Å². The summed E-state index contributed by atoms with van der Waals surface area (Å²) in [7, 11) is -3.86. The van der Waals surface area contributed by atoms with E-state index in [1.54, 1.807) is 0 Å². The molecular formula is C28H33N2O4P. The van der Waals surface area contributed by atoms with Crippen LogP contribution in [0, 0.1) is 0 Å². The Morgan fingerprint density at radius 3 is 2.37 bits per heavy atom. The van der Waals surface area contributed by atoms with Gasteiger partial charge in [0.15, 0.2) is 5.16 Å². The number of unbranched alkanes of at least 4 members (excludes halogenated alkanes) is 1. The third-order valence-electron chi connectivity index (χ3n) is 7.01. The van der Waals surface area contributed by atoms with Gasteiger partial charge >= 0.3 is 5.97 Å². The van der Waals surface area contributed by atoms with E-state index in [2.05, 4.69) is 42.5 Å². The zero-order valence-corrected chi connectivity index (χ0v) is 20.7. The Hall–Kier alpha value is -2.76. The van der Waals surface area contributed by atoms with Crippen LogP contribution >= 0.6 is 7.37 Å². The third-order valence-corrected chi connectivity index (χ3v) is 9.71. The van der Waals surface area contributed by atoms with Gasteiger partial charge < -0.3 is 15.7 Å². The fourth-order valence-electron chi connectivity index (χ4n) is 5.00. The summed E-state index contributed by atoms with van der Waals surface area (Å²) in [5.74, 6) is -1.19. The second-order valence-corrected chi connectivity index (χ2v) is 12.0. The van der Waals surface area contributed by atoms with Crippen molar-refractivity contribution in [3.63, 3.8) is 0 Å². The molecule has 0 bridgehead atoms. The Labute approximate surface area is 206 Å². The van der Waals surface area contributed by atoms with Crippen molar-refractivity contribution in [3.05, 3.63) is 84.4 Å². The summed E-state index contributed by atoms with van der Waals surface area (Å²) < 4.78 is 13.1. The molecule has 0 aromatic heterocycles. The highest BCUT2D eigenvalue weighted by atomic mass is 31.2. The van der Waals surface area contributed by atoms with Gasteiger partial charge in [0.25, 0.3) is 0 Å². The minimum absolute atomic E-state index is 0.0203. The van der Waals surface area contributed by atoms with Crippen molar-refractivity contribution in [3.8, 4) is 22.3 Å². The first kappa shape index (κ1) is 25.3. The van der Waals surface area contributed by atoms with Gasteiger partial charge in [-0.1, -0.05) is 79.2 Å². The molecule has 1 saturated heterocycles. The van der Waals surface area contributed by atoms with Gasteiger partial charge in [-0.3, -0.25) is 14.3 Å². The van der Waals surface area contributed by atoms with E-state index in [4.69, 9.17) is 5.73 Å². The molecule has 0 amide bonds. The van der Waals surface area contributed by atoms with Crippen molar-refractivity contribution in [1.82, 2.24) is 4.90 Å². The molecule has 0 spiro atoms. The molecule has 1 heterocycles. The van der Waals surface area contributed by atoms with Crippen molar-refractivity contribution < 1.29 is 19.4 Å². The number of nitrogens with zero attached hydrogens (tertiary/aromatic N) is 1. The number of carbonyl (C=O) groups is 1. The average molecular weight is 493 g/mol. The van der Waals surface area contributed by atoms with Crippen molar-refractivity contribution in [2.75, 3.05) is 25.8 Å². The second kappa shape index (κ2) is 10.9. The van der Waals surface area contributed by atoms with Crippen LogP contribution in [0.25, 0.3) is 22.3 Å². The van der Waals surface area contributed by atoms with Crippen LogP contribution in [0.2, 0.25) is 0 Å². The minimum Gasteiger partial charge on any atom is -0.480 e. The Morgan fingerprint density at radius 1 is 0.943 bits per heavy atom. The lowest BCUT2D eigenvalue weighted by molar-refractivity contribution is -0.141. The van der Waals surface area contributed by atoms with Gasteiger partial charge in [-0.05, 0) is 53.3 Å². The van der Waals surface area contributed by atoms with Crippen LogP contribution in [0.5, 0.6) is 0 Å². The highest BCUT2D eigenvalue weighted by Gasteiger charge is 2.56. The van der Waals surface area contributed by atoms with Crippen molar-refractivity contribution in [2.45, 2.75) is 31.0 Å². The van der Waals surface area contributed by atoms with E-state index in [1.807, 2.05) is 41.3 Å². The molecule has 0 aliphatic carbocycles. The molecule has 0 radical (unpaired) electrons. The summed E-state index contributed by atoms with van der Waals surface area (Å²) in [6.07, 6.45) is 1.29. The molecule has 6 nitrogen and oxygen atoms in total. The topological polar surface area (TPSA) is 104 Å². The fraction of sp³-hybridized carbons (Fsp3) is 0.321. The molecule has 1 aliphatic rings. The van der Waals surface area contributed by atoms with Crippen molar-refractivity contribution in [2.24, 2.45) is 5.73 Å². The molecular weight excluding hydrogens is 459 g/mol. The lowest BCUT2D eigenvalue weighted by Gasteiger charge is -2.43. The highest BCUT2D eigenvalue weighted by Crippen LogP contribution is 2.59. The Kier molecular flexibility index (Phi) is 7.88. The van der Waals surface area contributed by atoms with Gasteiger partial charge in [0.2, 0.25) is 7.37 Å². The van der Waals surface area contributed by atoms with Crippen LogP contribution < -0.4 is 5.73 Å². The predicted octanol–water partition coefficient (Wildman–Crippen LogP) is 5.06. The molecule has 2 unspecified atom stereocenters. The molecule has 4 rings (SSSR count). The zero-order valence-electron chi connectivity index (χ0n) is 19.8. The summed E-state index contributed by atoms with van der Waals surface area (Å²) in [6.45, 7) is 1.39. The summed E-state index contributed by atoms with van der Waals surface area (Å²) >= 11 is 0. The largest absolute Gasteiger partial charge is 0.480 e. The summed E-state index contributed by atoms with van der Waals surface area (Å²) in [6, 6.07) is 26.7. The second-order valence-electron chi connectivity index (χ2n) is 9.32. The smallest absolute Gasteiger partial charge is 0.320 e. The number of aliphatic carboxylic acids is 1. The van der Waals surface area contributed by atoms with Gasteiger partial charge in [0, 0.05) is 25.8 Å². The number of hydrogen-bond donors (Lipinski definition) is 3. The average Bonchev–Trinajstić information content (AvgIpc) is 2.87. The molecule has 1 aliphatic heterocycles. The predicted molar refractivity (Wildman–Crippen MR) is 141 cm³/mol. The summed E-state index contributed by atoms with van der Waals surface area (Å²) in [5, 5.41) is 8.44. The van der Waals surface area contributed by atoms with Crippen LogP contribution in [0.3, 0.4) is 0 Å². The quantitative estimate of drug-likeness (QED) is 0.285.